The molecule has 0 aromatic rings. The summed E-state index contributed by atoms with van der Waals surface area (Å²) in [5.74, 6) is -0.0463. The lowest BCUT2D eigenvalue weighted by atomic mass is 10.0. The van der Waals surface area contributed by atoms with Crippen LogP contribution in [0.5, 0.6) is 0 Å². The van der Waals surface area contributed by atoms with Crippen molar-refractivity contribution in [3.05, 3.63) is 0 Å². The van der Waals surface area contributed by atoms with Crippen molar-refractivity contribution in [2.75, 3.05) is 27.3 Å². The highest BCUT2D eigenvalue weighted by Gasteiger charge is 2.55. The fraction of sp³-hybridized carbons (Fsp3) is 0.800. The van der Waals surface area contributed by atoms with E-state index in [1.807, 2.05) is 0 Å². The number of nitrogens with two attached hydrogens (primary N) is 1. The minimum Gasteiger partial charge on any atom is -0.409 e. The van der Waals surface area contributed by atoms with Gasteiger partial charge in [0, 0.05) is 27.3 Å². The van der Waals surface area contributed by atoms with Gasteiger partial charge in [0.05, 0.1) is 0 Å². The number of hydrogen-bond donors (Lipinski definition) is 2. The van der Waals surface area contributed by atoms with Gasteiger partial charge in [-0.2, -0.15) is 0 Å². The van der Waals surface area contributed by atoms with Crippen LogP contribution in [0.3, 0.4) is 0 Å². The topological polar surface area (TPSA) is 88.2 Å². The SMILES string of the molecule is COCCCN(C)C(=O)C1(C(N)=NO)CC1. The molecule has 0 aromatic carbocycles. The number of rotatable bonds is 6. The number of carbonyl (C=O) groups excluding carboxylic acids is 1. The number of amidine groups is 1. The lowest BCUT2D eigenvalue weighted by Crippen LogP contribution is -2.42. The van der Waals surface area contributed by atoms with Crippen molar-refractivity contribution in [2.45, 2.75) is 19.3 Å². The molecule has 0 bridgehead atoms. The van der Waals surface area contributed by atoms with E-state index in [1.54, 1.807) is 19.1 Å². The smallest absolute Gasteiger partial charge is 0.236 e. The van der Waals surface area contributed by atoms with Crippen molar-refractivity contribution in [2.24, 2.45) is 16.3 Å². The van der Waals surface area contributed by atoms with Gasteiger partial charge in [0.25, 0.3) is 0 Å². The number of hydrogen-bond acceptors (Lipinski definition) is 4. The maximum Gasteiger partial charge on any atom is 0.236 e. The highest BCUT2D eigenvalue weighted by molar-refractivity contribution is 6.09. The van der Waals surface area contributed by atoms with Crippen molar-refractivity contribution in [1.82, 2.24) is 4.90 Å². The summed E-state index contributed by atoms with van der Waals surface area (Å²) in [4.78, 5) is 13.7. The lowest BCUT2D eigenvalue weighted by molar-refractivity contribution is -0.133. The third-order valence-corrected chi connectivity index (χ3v) is 2.95. The van der Waals surface area contributed by atoms with E-state index < -0.39 is 5.41 Å². The van der Waals surface area contributed by atoms with Crippen LogP contribution in [-0.4, -0.2) is 49.2 Å². The molecule has 1 aliphatic rings. The summed E-state index contributed by atoms with van der Waals surface area (Å²) in [6.45, 7) is 1.24. The van der Waals surface area contributed by atoms with Crippen LogP contribution in [0.2, 0.25) is 0 Å². The summed E-state index contributed by atoms with van der Waals surface area (Å²) >= 11 is 0. The fourth-order valence-corrected chi connectivity index (χ4v) is 1.71. The van der Waals surface area contributed by atoms with E-state index in [-0.39, 0.29) is 11.7 Å². The lowest BCUT2D eigenvalue weighted by Gasteiger charge is -2.22. The molecule has 0 unspecified atom stereocenters. The van der Waals surface area contributed by atoms with E-state index in [0.29, 0.717) is 26.0 Å². The molecule has 0 aromatic heterocycles. The van der Waals surface area contributed by atoms with E-state index in [0.717, 1.165) is 6.42 Å². The van der Waals surface area contributed by atoms with Crippen molar-refractivity contribution in [1.29, 1.82) is 0 Å². The van der Waals surface area contributed by atoms with Crippen molar-refractivity contribution < 1.29 is 14.7 Å². The molecule has 1 saturated carbocycles. The molecular weight excluding hydrogens is 210 g/mol. The Balaban J connectivity index is 2.51. The maximum absolute atomic E-state index is 12.0. The summed E-state index contributed by atoms with van der Waals surface area (Å²) in [5, 5.41) is 11.6. The molecule has 0 heterocycles. The second-order valence-electron chi connectivity index (χ2n) is 4.14. The summed E-state index contributed by atoms with van der Waals surface area (Å²) < 4.78 is 4.92. The number of nitrogens with zero attached hydrogens (tertiary/aromatic N) is 2. The average Bonchev–Trinajstić information content (AvgIpc) is 3.08. The molecule has 1 fully saturated rings. The van der Waals surface area contributed by atoms with Gasteiger partial charge in [-0.05, 0) is 19.3 Å². The predicted octanol–water partition coefficient (Wildman–Crippen LogP) is 0.00790. The molecule has 6 heteroatoms. The molecule has 1 amide bonds. The summed E-state index contributed by atoms with van der Waals surface area (Å²) in [5.41, 5.74) is 4.80. The van der Waals surface area contributed by atoms with Gasteiger partial charge in [0.2, 0.25) is 5.91 Å². The molecule has 0 saturated heterocycles. The molecule has 0 radical (unpaired) electrons. The van der Waals surface area contributed by atoms with Gasteiger partial charge < -0.3 is 20.6 Å². The third kappa shape index (κ3) is 2.44. The Labute approximate surface area is 95.0 Å². The normalized spacial score (nSPS) is 18.2. The standard InChI is InChI=1S/C10H19N3O3/c1-13(6-3-7-16-2)9(14)10(4-5-10)8(11)12-15/h15H,3-7H2,1-2H3,(H2,11,12). The summed E-state index contributed by atoms with van der Waals surface area (Å²) in [6.07, 6.45) is 2.11. The molecule has 0 aliphatic heterocycles. The van der Waals surface area contributed by atoms with Gasteiger partial charge in [-0.25, -0.2) is 0 Å². The molecule has 92 valence electrons. The second kappa shape index (κ2) is 5.16. The molecule has 3 N–H and O–H groups in total. The number of amides is 1. The highest BCUT2D eigenvalue weighted by Crippen LogP contribution is 2.47. The van der Waals surface area contributed by atoms with Crippen LogP contribution in [0.1, 0.15) is 19.3 Å². The van der Waals surface area contributed by atoms with Crippen molar-refractivity contribution in [3.8, 4) is 0 Å². The van der Waals surface area contributed by atoms with Crippen LogP contribution in [0.25, 0.3) is 0 Å². The molecule has 0 spiro atoms. The first-order valence-electron chi connectivity index (χ1n) is 5.31. The van der Waals surface area contributed by atoms with E-state index in [1.165, 1.54) is 0 Å². The van der Waals surface area contributed by atoms with Gasteiger partial charge in [-0.1, -0.05) is 5.16 Å². The first-order chi connectivity index (χ1) is 7.58. The second-order valence-corrected chi connectivity index (χ2v) is 4.14. The zero-order valence-corrected chi connectivity index (χ0v) is 9.77. The zero-order valence-electron chi connectivity index (χ0n) is 9.77. The average molecular weight is 229 g/mol. The Morgan fingerprint density at radius 3 is 2.69 bits per heavy atom. The Kier molecular flexibility index (Phi) is 4.12. The number of ether oxygens (including phenoxy) is 1. The predicted molar refractivity (Wildman–Crippen MR) is 59.2 cm³/mol. The first kappa shape index (κ1) is 12.8. The molecule has 6 nitrogen and oxygen atoms in total. The molecule has 1 aliphatic carbocycles. The highest BCUT2D eigenvalue weighted by atomic mass is 16.5. The summed E-state index contributed by atoms with van der Waals surface area (Å²) in [7, 11) is 3.35. The first-order valence-corrected chi connectivity index (χ1v) is 5.31. The van der Waals surface area contributed by atoms with Crippen molar-refractivity contribution in [3.63, 3.8) is 0 Å². The Morgan fingerprint density at radius 1 is 1.62 bits per heavy atom. The molecule has 16 heavy (non-hydrogen) atoms. The monoisotopic (exact) mass is 229 g/mol. The molecular formula is C10H19N3O3. The van der Waals surface area contributed by atoms with E-state index in [9.17, 15) is 4.79 Å². The fourth-order valence-electron chi connectivity index (χ4n) is 1.71. The van der Waals surface area contributed by atoms with E-state index in [4.69, 9.17) is 15.7 Å². The Hall–Kier alpha value is -1.30. The van der Waals surface area contributed by atoms with E-state index >= 15 is 0 Å². The third-order valence-electron chi connectivity index (χ3n) is 2.95. The van der Waals surface area contributed by atoms with Gasteiger partial charge in [0.1, 0.15) is 5.41 Å². The summed E-state index contributed by atoms with van der Waals surface area (Å²) in [6, 6.07) is 0. The maximum atomic E-state index is 12.0. The zero-order chi connectivity index (χ0) is 12.2. The molecule has 1 rings (SSSR count). The van der Waals surface area contributed by atoms with Crippen LogP contribution in [0.15, 0.2) is 5.16 Å². The van der Waals surface area contributed by atoms with Crippen LogP contribution < -0.4 is 5.73 Å². The van der Waals surface area contributed by atoms with Crippen LogP contribution >= 0.6 is 0 Å². The largest absolute Gasteiger partial charge is 0.409 e. The van der Waals surface area contributed by atoms with Gasteiger partial charge >= 0.3 is 0 Å². The Bertz CT molecular complexity index is 287. The van der Waals surface area contributed by atoms with Crippen LogP contribution in [0, 0.1) is 5.41 Å². The van der Waals surface area contributed by atoms with Gasteiger partial charge in [0.15, 0.2) is 5.84 Å². The van der Waals surface area contributed by atoms with Crippen LogP contribution in [0.4, 0.5) is 0 Å². The van der Waals surface area contributed by atoms with Gasteiger partial charge in [-0.3, -0.25) is 4.79 Å². The van der Waals surface area contributed by atoms with Gasteiger partial charge in [-0.15, -0.1) is 0 Å². The van der Waals surface area contributed by atoms with E-state index in [2.05, 4.69) is 5.16 Å². The number of oxime groups is 1. The molecule has 0 atom stereocenters. The Morgan fingerprint density at radius 2 is 2.25 bits per heavy atom. The quantitative estimate of drug-likeness (QED) is 0.221. The minimum absolute atomic E-state index is 0.0242. The minimum atomic E-state index is -0.740. The number of carbonyl (C=O) groups is 1. The van der Waals surface area contributed by atoms with Crippen molar-refractivity contribution >= 4 is 11.7 Å². The number of methoxy groups -OCH3 is 1. The van der Waals surface area contributed by atoms with Crippen LogP contribution in [-0.2, 0) is 9.53 Å².